The molecule has 0 spiro atoms. The molecule has 1 unspecified atom stereocenters. The Balaban J connectivity index is 0.00000338. The fourth-order valence-electron chi connectivity index (χ4n) is 2.83. The molecule has 3 heteroatoms. The second kappa shape index (κ2) is 10.0. The summed E-state index contributed by atoms with van der Waals surface area (Å²) in [5, 5.41) is 3.36. The summed E-state index contributed by atoms with van der Waals surface area (Å²) in [6.07, 6.45) is 0.634. The van der Waals surface area contributed by atoms with Gasteiger partial charge in [-0.2, -0.15) is 0 Å². The number of rotatable bonds is 8. The predicted octanol–water partition coefficient (Wildman–Crippen LogP) is 4.69. The molecule has 3 nitrogen and oxygen atoms in total. The summed E-state index contributed by atoms with van der Waals surface area (Å²) in [7, 11) is 0. The Morgan fingerprint density at radius 2 is 1.38 bits per heavy atom. The van der Waals surface area contributed by atoms with E-state index in [0.717, 1.165) is 5.56 Å². The largest absolute Gasteiger partial charge is 0.305 e. The molecule has 1 N–H and O–H groups in total. The highest BCUT2D eigenvalue weighted by atomic mass is 16.1. The molecule has 140 valence electrons. The Hall–Kier alpha value is -2.26. The lowest BCUT2D eigenvalue weighted by Crippen LogP contribution is -2.44. The molecule has 1 atom stereocenters. The van der Waals surface area contributed by atoms with E-state index in [9.17, 15) is 9.59 Å². The first-order valence-corrected chi connectivity index (χ1v) is 8.87. The van der Waals surface area contributed by atoms with E-state index in [1.807, 2.05) is 82.3 Å². The van der Waals surface area contributed by atoms with Crippen molar-refractivity contribution >= 4 is 11.6 Å². The van der Waals surface area contributed by atoms with E-state index in [1.165, 1.54) is 0 Å². The normalized spacial score (nSPS) is 11.9. The molecule has 0 amide bonds. The van der Waals surface area contributed by atoms with Crippen molar-refractivity contribution in [2.24, 2.45) is 5.92 Å². The van der Waals surface area contributed by atoms with Gasteiger partial charge in [0.1, 0.15) is 0 Å². The van der Waals surface area contributed by atoms with E-state index >= 15 is 0 Å². The molecule has 0 saturated heterocycles. The Labute approximate surface area is 157 Å². The minimum absolute atomic E-state index is 0. The van der Waals surface area contributed by atoms with Crippen LogP contribution < -0.4 is 5.32 Å². The molecular weight excluding hydrogens is 322 g/mol. The van der Waals surface area contributed by atoms with Crippen LogP contribution in [-0.4, -0.2) is 23.7 Å². The van der Waals surface area contributed by atoms with Crippen LogP contribution in [0.4, 0.5) is 0 Å². The number of nitrogens with one attached hydrogen (secondary N) is 1. The van der Waals surface area contributed by atoms with Gasteiger partial charge in [0.05, 0.1) is 6.04 Å². The molecule has 0 radical (unpaired) electrons. The summed E-state index contributed by atoms with van der Waals surface area (Å²) in [4.78, 5) is 24.9. The number of ketones is 2. The van der Waals surface area contributed by atoms with Gasteiger partial charge in [0.15, 0.2) is 11.6 Å². The van der Waals surface area contributed by atoms with Crippen LogP contribution in [0.25, 0.3) is 0 Å². The van der Waals surface area contributed by atoms with Crippen LogP contribution in [0.1, 0.15) is 56.6 Å². The highest BCUT2D eigenvalue weighted by molar-refractivity contribution is 6.08. The molecule has 0 fully saturated rings. The van der Waals surface area contributed by atoms with Crippen LogP contribution in [-0.2, 0) is 11.2 Å². The highest BCUT2D eigenvalue weighted by Crippen LogP contribution is 2.14. The zero-order chi connectivity index (χ0) is 18.4. The van der Waals surface area contributed by atoms with E-state index in [2.05, 4.69) is 5.32 Å². The Bertz CT molecular complexity index is 703. The van der Waals surface area contributed by atoms with Crippen LogP contribution in [0.2, 0.25) is 0 Å². The predicted molar refractivity (Wildman–Crippen MR) is 109 cm³/mol. The highest BCUT2D eigenvalue weighted by Gasteiger charge is 2.22. The van der Waals surface area contributed by atoms with Gasteiger partial charge < -0.3 is 5.32 Å². The first kappa shape index (κ1) is 21.8. The fraction of sp³-hybridized carbons (Fsp3) is 0.391. The lowest BCUT2D eigenvalue weighted by molar-refractivity contribution is -0.124. The summed E-state index contributed by atoms with van der Waals surface area (Å²) in [6.45, 7) is 7.95. The lowest BCUT2D eigenvalue weighted by atomic mass is 9.94. The topological polar surface area (TPSA) is 46.2 Å². The molecule has 0 bridgehead atoms. The van der Waals surface area contributed by atoms with Crippen molar-refractivity contribution in [3.63, 3.8) is 0 Å². The molecule has 0 heterocycles. The lowest BCUT2D eigenvalue weighted by Gasteiger charge is -2.22. The van der Waals surface area contributed by atoms with Gasteiger partial charge in [0.2, 0.25) is 0 Å². The van der Waals surface area contributed by atoms with Crippen molar-refractivity contribution in [3.05, 3.63) is 71.3 Å². The molecule has 0 aromatic heterocycles. The van der Waals surface area contributed by atoms with Crippen molar-refractivity contribution in [1.82, 2.24) is 5.32 Å². The first-order chi connectivity index (χ1) is 11.9. The average Bonchev–Trinajstić information content (AvgIpc) is 2.61. The number of hydrogen-bond acceptors (Lipinski definition) is 3. The smallest absolute Gasteiger partial charge is 0.193 e. The first-order valence-electron chi connectivity index (χ1n) is 8.87. The number of hydrogen-bond donors (Lipinski definition) is 1. The van der Waals surface area contributed by atoms with Crippen molar-refractivity contribution in [3.8, 4) is 0 Å². The molecule has 2 aromatic carbocycles. The van der Waals surface area contributed by atoms with E-state index < -0.39 is 0 Å². The molecule has 0 aliphatic heterocycles. The van der Waals surface area contributed by atoms with E-state index in [1.54, 1.807) is 0 Å². The van der Waals surface area contributed by atoms with Crippen molar-refractivity contribution in [1.29, 1.82) is 0 Å². The maximum absolute atomic E-state index is 12.5. The van der Waals surface area contributed by atoms with Gasteiger partial charge in [-0.15, -0.1) is 0 Å². The fourth-order valence-corrected chi connectivity index (χ4v) is 2.83. The van der Waals surface area contributed by atoms with Crippen LogP contribution >= 0.6 is 0 Å². The maximum atomic E-state index is 12.5. The van der Waals surface area contributed by atoms with Crippen molar-refractivity contribution < 1.29 is 9.59 Å². The number of Topliss-reactive ketones (excluding diaryl/α,β-unsaturated/α-hetero) is 1. The molecule has 26 heavy (non-hydrogen) atoms. The standard InChI is InChI=1S/C22H27NO2.CH4/c1-15(2)21(24)20(23-16(3)4)14-17-10-12-19(13-11-17)22(25)18-8-6-5-7-9-18;/h5-13,15-16,20,23H,14H2,1-4H3;1H4. The summed E-state index contributed by atoms with van der Waals surface area (Å²) in [6, 6.07) is 16.9. The van der Waals surface area contributed by atoms with Gasteiger partial charge in [-0.1, -0.05) is 89.7 Å². The van der Waals surface area contributed by atoms with E-state index in [4.69, 9.17) is 0 Å². The van der Waals surface area contributed by atoms with Crippen LogP contribution in [0.3, 0.4) is 0 Å². The SMILES string of the molecule is C.CC(C)NC(Cc1ccc(C(=O)c2ccccc2)cc1)C(=O)C(C)C. The average molecular weight is 354 g/mol. The minimum atomic E-state index is -0.198. The van der Waals surface area contributed by atoms with Crippen LogP contribution in [0, 0.1) is 5.92 Å². The molecule has 0 saturated carbocycles. The van der Waals surface area contributed by atoms with Gasteiger partial charge >= 0.3 is 0 Å². The molecule has 0 aliphatic rings. The quantitative estimate of drug-likeness (QED) is 0.701. The Morgan fingerprint density at radius 3 is 1.88 bits per heavy atom. The summed E-state index contributed by atoms with van der Waals surface area (Å²) < 4.78 is 0. The Morgan fingerprint density at radius 1 is 0.846 bits per heavy atom. The van der Waals surface area contributed by atoms with Crippen LogP contribution in [0.5, 0.6) is 0 Å². The van der Waals surface area contributed by atoms with Gasteiger partial charge in [0.25, 0.3) is 0 Å². The second-order valence-corrected chi connectivity index (χ2v) is 7.03. The van der Waals surface area contributed by atoms with E-state index in [-0.39, 0.29) is 37.0 Å². The third-order valence-corrected chi connectivity index (χ3v) is 4.14. The van der Waals surface area contributed by atoms with Gasteiger partial charge in [-0.05, 0) is 12.0 Å². The van der Waals surface area contributed by atoms with Crippen molar-refractivity contribution in [2.45, 2.75) is 53.6 Å². The van der Waals surface area contributed by atoms with Crippen LogP contribution in [0.15, 0.2) is 54.6 Å². The van der Waals surface area contributed by atoms with E-state index in [0.29, 0.717) is 17.5 Å². The van der Waals surface area contributed by atoms with Gasteiger partial charge in [-0.3, -0.25) is 9.59 Å². The minimum Gasteiger partial charge on any atom is -0.305 e. The molecule has 2 rings (SSSR count). The Kier molecular flexibility index (Phi) is 8.40. The third-order valence-electron chi connectivity index (χ3n) is 4.14. The third kappa shape index (κ3) is 5.92. The number of carbonyl (C=O) groups excluding carboxylic acids is 2. The molecular formula is C23H31NO2. The van der Waals surface area contributed by atoms with Gasteiger partial charge in [-0.25, -0.2) is 0 Å². The van der Waals surface area contributed by atoms with Crippen molar-refractivity contribution in [2.75, 3.05) is 0 Å². The summed E-state index contributed by atoms with van der Waals surface area (Å²) in [5.41, 5.74) is 2.40. The second-order valence-electron chi connectivity index (χ2n) is 7.03. The van der Waals surface area contributed by atoms with Gasteiger partial charge in [0, 0.05) is 23.1 Å². The number of carbonyl (C=O) groups is 2. The monoisotopic (exact) mass is 353 g/mol. The summed E-state index contributed by atoms with van der Waals surface area (Å²) in [5.74, 6) is 0.232. The summed E-state index contributed by atoms with van der Waals surface area (Å²) >= 11 is 0. The molecule has 0 aliphatic carbocycles. The zero-order valence-corrected chi connectivity index (χ0v) is 15.5. The zero-order valence-electron chi connectivity index (χ0n) is 15.5. The maximum Gasteiger partial charge on any atom is 0.193 e. The number of benzene rings is 2. The molecule has 2 aromatic rings.